The van der Waals surface area contributed by atoms with Crippen LogP contribution in [0.3, 0.4) is 0 Å². The van der Waals surface area contributed by atoms with Crippen LogP contribution < -0.4 is 5.32 Å². The minimum Gasteiger partial charge on any atom is -0.377 e. The second-order valence-electron chi connectivity index (χ2n) is 5.03. The SMILES string of the molecule is Cc1ccc(C)c(C(C)Nc2ccc(Br)cc2C#N)c1. The Bertz CT molecular complexity index is 671. The van der Waals surface area contributed by atoms with E-state index in [4.69, 9.17) is 0 Å². The molecule has 20 heavy (non-hydrogen) atoms. The van der Waals surface area contributed by atoms with Crippen LogP contribution in [0, 0.1) is 25.2 Å². The van der Waals surface area contributed by atoms with E-state index >= 15 is 0 Å². The molecule has 2 rings (SSSR count). The molecule has 0 bridgehead atoms. The number of nitriles is 1. The average Bonchev–Trinajstić information content (AvgIpc) is 2.43. The van der Waals surface area contributed by atoms with Crippen LogP contribution in [0.2, 0.25) is 0 Å². The van der Waals surface area contributed by atoms with E-state index in [0.29, 0.717) is 5.56 Å². The summed E-state index contributed by atoms with van der Waals surface area (Å²) in [6, 6.07) is 14.5. The third kappa shape index (κ3) is 3.20. The zero-order chi connectivity index (χ0) is 14.7. The number of hydrogen-bond acceptors (Lipinski definition) is 2. The van der Waals surface area contributed by atoms with Crippen molar-refractivity contribution in [2.45, 2.75) is 26.8 Å². The smallest absolute Gasteiger partial charge is 0.101 e. The normalized spacial score (nSPS) is 11.8. The van der Waals surface area contributed by atoms with E-state index in [1.165, 1.54) is 16.7 Å². The van der Waals surface area contributed by atoms with Crippen LogP contribution in [-0.2, 0) is 0 Å². The lowest BCUT2D eigenvalue weighted by Crippen LogP contribution is -2.09. The van der Waals surface area contributed by atoms with Gasteiger partial charge in [0.15, 0.2) is 0 Å². The Kier molecular flexibility index (Phi) is 4.46. The molecule has 2 aromatic carbocycles. The minimum atomic E-state index is 0.156. The lowest BCUT2D eigenvalue weighted by molar-refractivity contribution is 0.871. The fourth-order valence-electron chi connectivity index (χ4n) is 2.27. The predicted octanol–water partition coefficient (Wildman–Crippen LogP) is 5.11. The van der Waals surface area contributed by atoms with Crippen LogP contribution in [0.4, 0.5) is 5.69 Å². The van der Waals surface area contributed by atoms with Crippen LogP contribution in [-0.4, -0.2) is 0 Å². The summed E-state index contributed by atoms with van der Waals surface area (Å²) in [5, 5.41) is 12.6. The van der Waals surface area contributed by atoms with E-state index < -0.39 is 0 Å². The maximum Gasteiger partial charge on any atom is 0.101 e. The molecule has 0 spiro atoms. The molecular weight excluding hydrogens is 312 g/mol. The molecule has 3 heteroatoms. The predicted molar refractivity (Wildman–Crippen MR) is 86.8 cm³/mol. The minimum absolute atomic E-state index is 0.156. The molecule has 0 aliphatic rings. The average molecular weight is 329 g/mol. The monoisotopic (exact) mass is 328 g/mol. The molecule has 0 radical (unpaired) electrons. The molecule has 0 amide bonds. The highest BCUT2D eigenvalue weighted by Gasteiger charge is 2.11. The van der Waals surface area contributed by atoms with Crippen LogP contribution in [0.1, 0.15) is 35.2 Å². The van der Waals surface area contributed by atoms with Crippen molar-refractivity contribution in [2.24, 2.45) is 0 Å². The third-order valence-electron chi connectivity index (χ3n) is 3.38. The van der Waals surface area contributed by atoms with Crippen molar-refractivity contribution in [1.82, 2.24) is 0 Å². The van der Waals surface area contributed by atoms with E-state index in [1.807, 2.05) is 18.2 Å². The van der Waals surface area contributed by atoms with Crippen LogP contribution in [0.5, 0.6) is 0 Å². The summed E-state index contributed by atoms with van der Waals surface area (Å²) < 4.78 is 0.916. The van der Waals surface area contributed by atoms with Crippen LogP contribution >= 0.6 is 15.9 Å². The maximum atomic E-state index is 9.21. The molecule has 0 aromatic heterocycles. The Morgan fingerprint density at radius 3 is 2.60 bits per heavy atom. The second kappa shape index (κ2) is 6.11. The van der Waals surface area contributed by atoms with Gasteiger partial charge in [0.25, 0.3) is 0 Å². The van der Waals surface area contributed by atoms with Crippen LogP contribution in [0.15, 0.2) is 40.9 Å². The number of anilines is 1. The molecule has 102 valence electrons. The Balaban J connectivity index is 2.30. The molecule has 0 heterocycles. The fourth-order valence-corrected chi connectivity index (χ4v) is 2.63. The van der Waals surface area contributed by atoms with Crippen molar-refractivity contribution in [3.63, 3.8) is 0 Å². The highest BCUT2D eigenvalue weighted by molar-refractivity contribution is 9.10. The molecule has 1 unspecified atom stereocenters. The summed E-state index contributed by atoms with van der Waals surface area (Å²) in [4.78, 5) is 0. The van der Waals surface area contributed by atoms with Gasteiger partial charge in [-0.1, -0.05) is 39.7 Å². The quantitative estimate of drug-likeness (QED) is 0.849. The zero-order valence-electron chi connectivity index (χ0n) is 11.9. The highest BCUT2D eigenvalue weighted by atomic mass is 79.9. The molecule has 0 saturated carbocycles. The van der Waals surface area contributed by atoms with Crippen molar-refractivity contribution in [3.8, 4) is 6.07 Å². The molecule has 0 saturated heterocycles. The Morgan fingerprint density at radius 2 is 1.90 bits per heavy atom. The number of halogens is 1. The number of hydrogen-bond donors (Lipinski definition) is 1. The summed E-state index contributed by atoms with van der Waals surface area (Å²) in [5.41, 5.74) is 5.28. The van der Waals surface area contributed by atoms with Gasteiger partial charge in [0.1, 0.15) is 6.07 Å². The van der Waals surface area contributed by atoms with E-state index in [2.05, 4.69) is 66.3 Å². The molecule has 0 fully saturated rings. The Labute approximate surface area is 128 Å². The van der Waals surface area contributed by atoms with Crippen molar-refractivity contribution in [3.05, 3.63) is 63.1 Å². The fraction of sp³-hybridized carbons (Fsp3) is 0.235. The van der Waals surface area contributed by atoms with E-state index in [9.17, 15) is 5.26 Å². The van der Waals surface area contributed by atoms with Gasteiger partial charge in [-0.05, 0) is 50.1 Å². The maximum absolute atomic E-state index is 9.21. The molecule has 1 atom stereocenters. The highest BCUT2D eigenvalue weighted by Crippen LogP contribution is 2.26. The number of nitrogens with one attached hydrogen (secondary N) is 1. The van der Waals surface area contributed by atoms with Crippen molar-refractivity contribution < 1.29 is 0 Å². The molecule has 0 aliphatic carbocycles. The zero-order valence-corrected chi connectivity index (χ0v) is 13.5. The standard InChI is InChI=1S/C17H17BrN2/c1-11-4-5-12(2)16(8-11)13(3)20-17-7-6-15(18)9-14(17)10-19/h4-9,13,20H,1-3H3. The van der Waals surface area contributed by atoms with Gasteiger partial charge in [-0.3, -0.25) is 0 Å². The van der Waals surface area contributed by atoms with Gasteiger partial charge in [-0.25, -0.2) is 0 Å². The van der Waals surface area contributed by atoms with Gasteiger partial charge >= 0.3 is 0 Å². The number of aryl methyl sites for hydroxylation is 2. The topological polar surface area (TPSA) is 35.8 Å². The van der Waals surface area contributed by atoms with Crippen molar-refractivity contribution in [2.75, 3.05) is 5.32 Å². The molecule has 2 aromatic rings. The van der Waals surface area contributed by atoms with Gasteiger partial charge < -0.3 is 5.32 Å². The Hall–Kier alpha value is -1.79. The van der Waals surface area contributed by atoms with Crippen molar-refractivity contribution in [1.29, 1.82) is 5.26 Å². The van der Waals surface area contributed by atoms with E-state index in [0.717, 1.165) is 10.2 Å². The van der Waals surface area contributed by atoms with Gasteiger partial charge in [-0.2, -0.15) is 5.26 Å². The number of benzene rings is 2. The number of rotatable bonds is 3. The largest absolute Gasteiger partial charge is 0.377 e. The van der Waals surface area contributed by atoms with E-state index in [-0.39, 0.29) is 6.04 Å². The second-order valence-corrected chi connectivity index (χ2v) is 5.94. The van der Waals surface area contributed by atoms with E-state index in [1.54, 1.807) is 0 Å². The third-order valence-corrected chi connectivity index (χ3v) is 3.87. The summed E-state index contributed by atoms with van der Waals surface area (Å²) in [6.45, 7) is 6.32. The van der Waals surface area contributed by atoms with Crippen molar-refractivity contribution >= 4 is 21.6 Å². The van der Waals surface area contributed by atoms with Gasteiger partial charge in [0, 0.05) is 10.5 Å². The first-order valence-electron chi connectivity index (χ1n) is 6.54. The van der Waals surface area contributed by atoms with Gasteiger partial charge in [-0.15, -0.1) is 0 Å². The summed E-state index contributed by atoms with van der Waals surface area (Å²) in [7, 11) is 0. The first-order chi connectivity index (χ1) is 9.51. The summed E-state index contributed by atoms with van der Waals surface area (Å²) >= 11 is 3.39. The Morgan fingerprint density at radius 1 is 1.15 bits per heavy atom. The lowest BCUT2D eigenvalue weighted by Gasteiger charge is -2.19. The molecule has 1 N–H and O–H groups in total. The van der Waals surface area contributed by atoms with Gasteiger partial charge in [0.2, 0.25) is 0 Å². The molecule has 0 aliphatic heterocycles. The first-order valence-corrected chi connectivity index (χ1v) is 7.34. The first kappa shape index (κ1) is 14.6. The summed E-state index contributed by atoms with van der Waals surface area (Å²) in [5.74, 6) is 0. The molecular formula is C17H17BrN2. The van der Waals surface area contributed by atoms with Gasteiger partial charge in [0.05, 0.1) is 11.3 Å². The van der Waals surface area contributed by atoms with Crippen LogP contribution in [0.25, 0.3) is 0 Å². The lowest BCUT2D eigenvalue weighted by atomic mass is 9.99. The summed E-state index contributed by atoms with van der Waals surface area (Å²) in [6.07, 6.45) is 0. The number of nitrogens with zero attached hydrogens (tertiary/aromatic N) is 1. The molecule has 2 nitrogen and oxygen atoms in total.